The highest BCUT2D eigenvalue weighted by Gasteiger charge is 2.46. The van der Waals surface area contributed by atoms with Crippen LogP contribution in [0.25, 0.3) is 0 Å². The number of nitrogens with one attached hydrogen (secondary N) is 2. The maximum atomic E-state index is 6.84. The molecule has 3 aliphatic carbocycles. The number of nitrogens with two attached hydrogens (primary N) is 2. The van der Waals surface area contributed by atoms with Crippen LogP contribution in [0.15, 0.2) is 0 Å². The van der Waals surface area contributed by atoms with Crippen molar-refractivity contribution in [2.75, 3.05) is 0 Å². The Morgan fingerprint density at radius 3 is 2.42 bits per heavy atom. The first-order valence-corrected chi connectivity index (χ1v) is 15.0. The van der Waals surface area contributed by atoms with Crippen LogP contribution in [-0.4, -0.2) is 41.6 Å². The normalized spacial score (nSPS) is 47.6. The Morgan fingerprint density at radius 2 is 1.67 bits per heavy atom. The predicted octanol–water partition coefficient (Wildman–Crippen LogP) is 5.17. The Kier molecular flexibility index (Phi) is 9.46. The molecule has 0 aromatic heterocycles. The van der Waals surface area contributed by atoms with E-state index in [-0.39, 0.29) is 0 Å². The molecule has 1 aliphatic heterocycles. The highest BCUT2D eigenvalue weighted by atomic mass is 35.5. The molecule has 192 valence electrons. The second-order valence-corrected chi connectivity index (χ2v) is 13.1. The van der Waals surface area contributed by atoms with Gasteiger partial charge in [0.05, 0.1) is 0 Å². The summed E-state index contributed by atoms with van der Waals surface area (Å²) in [6, 6.07) is 3.07. The number of hydrogen-bond donors (Lipinski definition) is 4. The molecule has 4 rings (SSSR count). The Balaban J connectivity index is 1.48. The molecular formula is C28H53ClN4. The zero-order chi connectivity index (χ0) is 23.5. The molecule has 11 unspecified atom stereocenters. The molecule has 12 atom stereocenters. The van der Waals surface area contributed by atoms with Gasteiger partial charge in [-0.05, 0) is 107 Å². The third-order valence-electron chi connectivity index (χ3n) is 10.2. The molecule has 1 saturated heterocycles. The minimum Gasteiger partial charge on any atom is -0.328 e. The van der Waals surface area contributed by atoms with Crippen LogP contribution in [0.5, 0.6) is 0 Å². The van der Waals surface area contributed by atoms with E-state index in [1.165, 1.54) is 64.2 Å². The molecule has 0 spiro atoms. The second-order valence-electron chi connectivity index (χ2n) is 12.5. The number of alkyl halides is 1. The van der Waals surface area contributed by atoms with E-state index in [0.717, 1.165) is 37.0 Å². The summed E-state index contributed by atoms with van der Waals surface area (Å²) in [4.78, 5) is 0. The van der Waals surface area contributed by atoms with Crippen LogP contribution in [-0.2, 0) is 0 Å². The van der Waals surface area contributed by atoms with Crippen molar-refractivity contribution >= 4 is 11.6 Å². The highest BCUT2D eigenvalue weighted by Crippen LogP contribution is 2.45. The summed E-state index contributed by atoms with van der Waals surface area (Å²) >= 11 is 6.84. The van der Waals surface area contributed by atoms with Crippen LogP contribution in [0, 0.1) is 29.6 Å². The topological polar surface area (TPSA) is 76.1 Å². The molecule has 0 amide bonds. The Morgan fingerprint density at radius 1 is 0.909 bits per heavy atom. The van der Waals surface area contributed by atoms with Gasteiger partial charge in [0.25, 0.3) is 0 Å². The Labute approximate surface area is 209 Å². The van der Waals surface area contributed by atoms with Crippen molar-refractivity contribution in [3.63, 3.8) is 0 Å². The van der Waals surface area contributed by atoms with E-state index >= 15 is 0 Å². The summed E-state index contributed by atoms with van der Waals surface area (Å²) < 4.78 is 0. The van der Waals surface area contributed by atoms with Crippen molar-refractivity contribution in [1.82, 2.24) is 10.6 Å². The minimum atomic E-state index is 0.333. The fourth-order valence-electron chi connectivity index (χ4n) is 8.42. The van der Waals surface area contributed by atoms with E-state index in [0.29, 0.717) is 53.5 Å². The molecule has 1 heterocycles. The van der Waals surface area contributed by atoms with Crippen molar-refractivity contribution in [2.45, 2.75) is 146 Å². The smallest absolute Gasteiger partial charge is 0.0339 e. The summed E-state index contributed by atoms with van der Waals surface area (Å²) in [5.41, 5.74) is 12.8. The first-order chi connectivity index (χ1) is 15.9. The van der Waals surface area contributed by atoms with Gasteiger partial charge >= 0.3 is 0 Å². The number of halogens is 1. The van der Waals surface area contributed by atoms with E-state index in [1.54, 1.807) is 0 Å². The number of hydrogen-bond acceptors (Lipinski definition) is 4. The van der Waals surface area contributed by atoms with Gasteiger partial charge in [-0.2, -0.15) is 0 Å². The lowest BCUT2D eigenvalue weighted by molar-refractivity contribution is 0.0381. The van der Waals surface area contributed by atoms with E-state index in [9.17, 15) is 0 Å². The predicted molar refractivity (Wildman–Crippen MR) is 142 cm³/mol. The van der Waals surface area contributed by atoms with Crippen LogP contribution in [0.4, 0.5) is 0 Å². The molecule has 6 N–H and O–H groups in total. The summed E-state index contributed by atoms with van der Waals surface area (Å²) in [5, 5.41) is 8.71. The average Bonchev–Trinajstić information content (AvgIpc) is 2.79. The van der Waals surface area contributed by atoms with Gasteiger partial charge in [-0.1, -0.05) is 26.7 Å². The minimum absolute atomic E-state index is 0.333. The molecule has 0 radical (unpaired) electrons. The van der Waals surface area contributed by atoms with Gasteiger partial charge in [0.15, 0.2) is 0 Å². The first-order valence-electron chi connectivity index (χ1n) is 14.6. The summed E-state index contributed by atoms with van der Waals surface area (Å²) in [6.45, 7) is 7.21. The lowest BCUT2D eigenvalue weighted by atomic mass is 9.63. The van der Waals surface area contributed by atoms with Gasteiger partial charge in [-0.15, -0.1) is 11.6 Å². The zero-order valence-electron chi connectivity index (χ0n) is 21.7. The van der Waals surface area contributed by atoms with Gasteiger partial charge in [0.1, 0.15) is 0 Å². The molecule has 4 fully saturated rings. The van der Waals surface area contributed by atoms with Gasteiger partial charge < -0.3 is 22.1 Å². The molecule has 0 aromatic rings. The van der Waals surface area contributed by atoms with E-state index in [1.807, 2.05) is 0 Å². The lowest BCUT2D eigenvalue weighted by Gasteiger charge is -2.52. The monoisotopic (exact) mass is 480 g/mol. The molecule has 5 heteroatoms. The van der Waals surface area contributed by atoms with Crippen molar-refractivity contribution < 1.29 is 0 Å². The van der Waals surface area contributed by atoms with Crippen LogP contribution in [0.2, 0.25) is 0 Å². The van der Waals surface area contributed by atoms with E-state index in [4.69, 9.17) is 23.1 Å². The van der Waals surface area contributed by atoms with Crippen molar-refractivity contribution in [3.8, 4) is 0 Å². The lowest BCUT2D eigenvalue weighted by Crippen LogP contribution is -2.61. The highest BCUT2D eigenvalue weighted by molar-refractivity contribution is 6.20. The van der Waals surface area contributed by atoms with Gasteiger partial charge in [0.2, 0.25) is 0 Å². The quantitative estimate of drug-likeness (QED) is 0.379. The van der Waals surface area contributed by atoms with E-state index < -0.39 is 0 Å². The SMILES string of the molecule is CCCC1CCC(N)CC1NC(C)C1CCC(Cl)CC1C1NC2C[C@H](N)CCC2CC1CC. The summed E-state index contributed by atoms with van der Waals surface area (Å²) in [6.07, 6.45) is 16.2. The zero-order valence-corrected chi connectivity index (χ0v) is 22.4. The summed E-state index contributed by atoms with van der Waals surface area (Å²) in [5.74, 6) is 3.75. The van der Waals surface area contributed by atoms with Gasteiger partial charge in [-0.25, -0.2) is 0 Å². The molecule has 0 bridgehead atoms. The Hall–Kier alpha value is 0.130. The molecule has 4 nitrogen and oxygen atoms in total. The number of rotatable bonds is 7. The summed E-state index contributed by atoms with van der Waals surface area (Å²) in [7, 11) is 0. The van der Waals surface area contributed by atoms with Crippen molar-refractivity contribution in [2.24, 2.45) is 41.1 Å². The third kappa shape index (κ3) is 6.28. The van der Waals surface area contributed by atoms with Crippen molar-refractivity contribution in [3.05, 3.63) is 0 Å². The van der Waals surface area contributed by atoms with Crippen LogP contribution in [0.3, 0.4) is 0 Å². The van der Waals surface area contributed by atoms with E-state index in [2.05, 4.69) is 31.4 Å². The number of fused-ring (bicyclic) bond motifs is 1. The largest absolute Gasteiger partial charge is 0.328 e. The second kappa shape index (κ2) is 11.9. The molecule has 4 aliphatic rings. The average molecular weight is 481 g/mol. The molecule has 3 saturated carbocycles. The fraction of sp³-hybridized carbons (Fsp3) is 1.00. The maximum absolute atomic E-state index is 6.84. The molecular weight excluding hydrogens is 428 g/mol. The first kappa shape index (κ1) is 26.2. The fourth-order valence-corrected chi connectivity index (χ4v) is 8.75. The standard InChI is InChI=1S/C28H53ClN4/c1-4-6-19-7-10-22(30)15-26(19)32-17(3)24-12-9-21(29)14-25(24)28-18(5-2)13-20-8-11-23(31)16-27(20)33-28/h17-28,32-33H,4-16,30-31H2,1-3H3/t17?,18?,19?,20?,21?,22?,23-,24?,25?,26?,27?,28?/m1/s1. The van der Waals surface area contributed by atoms with Crippen molar-refractivity contribution in [1.29, 1.82) is 0 Å². The van der Waals surface area contributed by atoms with Gasteiger partial charge in [-0.3, -0.25) is 0 Å². The molecule has 0 aromatic carbocycles. The third-order valence-corrected chi connectivity index (χ3v) is 10.6. The van der Waals surface area contributed by atoms with Crippen LogP contribution >= 0.6 is 11.6 Å². The van der Waals surface area contributed by atoms with Crippen LogP contribution in [0.1, 0.15) is 104 Å². The van der Waals surface area contributed by atoms with Crippen LogP contribution < -0.4 is 22.1 Å². The maximum Gasteiger partial charge on any atom is 0.0339 e. The molecule has 33 heavy (non-hydrogen) atoms. The number of piperidine rings is 1. The Bertz CT molecular complexity index is 602. The van der Waals surface area contributed by atoms with Gasteiger partial charge in [0, 0.05) is 41.6 Å².